The van der Waals surface area contributed by atoms with Gasteiger partial charge in [-0.25, -0.2) is 9.67 Å². The van der Waals surface area contributed by atoms with Gasteiger partial charge in [-0.05, 0) is 61.2 Å². The third-order valence-corrected chi connectivity index (χ3v) is 4.89. The minimum atomic E-state index is 0.547. The second-order valence-electron chi connectivity index (χ2n) is 6.97. The zero-order valence-corrected chi connectivity index (χ0v) is 17.6. The van der Waals surface area contributed by atoms with Crippen LogP contribution in [-0.2, 0) is 12.8 Å². The number of nitrogens with zero attached hydrogens (tertiary/aromatic N) is 5. The number of aryl methyl sites for hydroxylation is 2. The van der Waals surface area contributed by atoms with Gasteiger partial charge in [-0.1, -0.05) is 31.7 Å². The van der Waals surface area contributed by atoms with Crippen LogP contribution in [0.3, 0.4) is 0 Å². The molecule has 5 heteroatoms. The maximum absolute atomic E-state index is 9.38. The lowest BCUT2D eigenvalue weighted by atomic mass is 9.95. The van der Waals surface area contributed by atoms with Crippen LogP contribution in [0.1, 0.15) is 41.8 Å². The molecule has 3 rings (SSSR count). The van der Waals surface area contributed by atoms with Crippen LogP contribution in [0.5, 0.6) is 0 Å². The van der Waals surface area contributed by atoms with Crippen molar-refractivity contribution in [2.24, 2.45) is 4.99 Å². The molecule has 5 nitrogen and oxygen atoms in total. The Balaban J connectivity index is 1.96. The number of benzene rings is 1. The second-order valence-corrected chi connectivity index (χ2v) is 6.97. The first kappa shape index (κ1) is 20.9. The molecule has 0 radical (unpaired) electrons. The molecule has 1 aromatic carbocycles. The van der Waals surface area contributed by atoms with E-state index in [0.717, 1.165) is 34.5 Å². The predicted molar refractivity (Wildman–Crippen MR) is 122 cm³/mol. The van der Waals surface area contributed by atoms with Gasteiger partial charge >= 0.3 is 0 Å². The molecule has 0 atom stereocenters. The molecule has 2 aromatic heterocycles. The van der Waals surface area contributed by atoms with E-state index in [0.29, 0.717) is 17.8 Å². The lowest BCUT2D eigenvalue weighted by molar-refractivity contribution is 0.873. The van der Waals surface area contributed by atoms with E-state index in [1.165, 1.54) is 5.56 Å². The van der Waals surface area contributed by atoms with Crippen molar-refractivity contribution in [3.8, 4) is 17.3 Å². The summed E-state index contributed by atoms with van der Waals surface area (Å²) in [5.74, 6) is 0.547. The number of aromatic nitrogens is 3. The number of aliphatic imine (C=N–C) groups is 1. The topological polar surface area (TPSA) is 66.9 Å². The summed E-state index contributed by atoms with van der Waals surface area (Å²) in [6.07, 6.45) is 10.9. The first-order valence-corrected chi connectivity index (χ1v) is 9.93. The quantitative estimate of drug-likeness (QED) is 0.506. The number of nitriles is 1. The minimum absolute atomic E-state index is 0.547. The van der Waals surface area contributed by atoms with Gasteiger partial charge in [-0.3, -0.25) is 4.98 Å². The van der Waals surface area contributed by atoms with Gasteiger partial charge in [-0.2, -0.15) is 10.4 Å². The second kappa shape index (κ2) is 9.62. The lowest BCUT2D eigenvalue weighted by Crippen LogP contribution is -1.96. The molecule has 0 aliphatic rings. The Bertz CT molecular complexity index is 1140. The van der Waals surface area contributed by atoms with Gasteiger partial charge in [0.25, 0.3) is 0 Å². The van der Waals surface area contributed by atoms with E-state index in [-0.39, 0.29) is 0 Å². The lowest BCUT2D eigenvalue weighted by Gasteiger charge is -2.10. The van der Waals surface area contributed by atoms with Crippen molar-refractivity contribution in [1.29, 1.82) is 5.26 Å². The third kappa shape index (κ3) is 4.79. The van der Waals surface area contributed by atoms with Crippen molar-refractivity contribution in [1.82, 2.24) is 14.8 Å². The van der Waals surface area contributed by atoms with E-state index in [1.54, 1.807) is 10.9 Å². The molecule has 0 bridgehead atoms. The van der Waals surface area contributed by atoms with Gasteiger partial charge in [0.2, 0.25) is 0 Å². The first-order chi connectivity index (χ1) is 14.5. The van der Waals surface area contributed by atoms with Crippen molar-refractivity contribution in [3.05, 3.63) is 89.4 Å². The predicted octanol–water partition coefficient (Wildman–Crippen LogP) is 5.35. The van der Waals surface area contributed by atoms with Gasteiger partial charge in [0.05, 0.1) is 23.0 Å². The Kier molecular flexibility index (Phi) is 6.71. The fourth-order valence-electron chi connectivity index (χ4n) is 3.13. The zero-order chi connectivity index (χ0) is 21.5. The van der Waals surface area contributed by atoms with Crippen molar-refractivity contribution in [2.45, 2.75) is 33.6 Å². The number of hydrogen-bond acceptors (Lipinski definition) is 4. The SMILES string of the molecule is C=C(N=C/C=C\C)n1cc(Cc2cc(C#N)ccc2-c2ccc(CC)cn2)c(C)n1. The molecule has 0 fully saturated rings. The molecule has 0 unspecified atom stereocenters. The van der Waals surface area contributed by atoms with E-state index in [9.17, 15) is 5.26 Å². The molecule has 0 saturated carbocycles. The minimum Gasteiger partial charge on any atom is -0.256 e. The summed E-state index contributed by atoms with van der Waals surface area (Å²) in [5.41, 5.74) is 6.74. The molecule has 0 saturated heterocycles. The number of hydrogen-bond donors (Lipinski definition) is 0. The average molecular weight is 396 g/mol. The van der Waals surface area contributed by atoms with E-state index in [4.69, 9.17) is 0 Å². The largest absolute Gasteiger partial charge is 0.256 e. The van der Waals surface area contributed by atoms with Crippen LogP contribution in [0.25, 0.3) is 17.1 Å². The monoisotopic (exact) mass is 395 g/mol. The number of rotatable bonds is 7. The van der Waals surface area contributed by atoms with Gasteiger partial charge in [-0.15, -0.1) is 0 Å². The van der Waals surface area contributed by atoms with E-state index in [2.05, 4.69) is 40.7 Å². The van der Waals surface area contributed by atoms with E-state index >= 15 is 0 Å². The normalized spacial score (nSPS) is 11.3. The van der Waals surface area contributed by atoms with Gasteiger partial charge in [0, 0.05) is 30.6 Å². The fourth-order valence-corrected chi connectivity index (χ4v) is 3.13. The molecule has 2 heterocycles. The van der Waals surface area contributed by atoms with Crippen LogP contribution in [0.15, 0.2) is 66.4 Å². The Morgan fingerprint density at radius 2 is 2.10 bits per heavy atom. The fraction of sp³-hybridized carbons (Fsp3) is 0.200. The maximum atomic E-state index is 9.38. The van der Waals surface area contributed by atoms with Gasteiger partial charge in [0.15, 0.2) is 0 Å². The highest BCUT2D eigenvalue weighted by molar-refractivity contribution is 5.75. The molecular weight excluding hydrogens is 370 g/mol. The van der Waals surface area contributed by atoms with Crippen molar-refractivity contribution < 1.29 is 0 Å². The van der Waals surface area contributed by atoms with Crippen LogP contribution in [0.4, 0.5) is 0 Å². The first-order valence-electron chi connectivity index (χ1n) is 9.93. The Morgan fingerprint density at radius 3 is 2.77 bits per heavy atom. The summed E-state index contributed by atoms with van der Waals surface area (Å²) in [7, 11) is 0. The smallest absolute Gasteiger partial charge is 0.146 e. The summed E-state index contributed by atoms with van der Waals surface area (Å²) >= 11 is 0. The molecule has 150 valence electrons. The molecule has 0 aliphatic carbocycles. The molecular formula is C25H25N5. The Labute approximate surface area is 177 Å². The molecule has 0 spiro atoms. The third-order valence-electron chi connectivity index (χ3n) is 4.89. The average Bonchev–Trinajstić information content (AvgIpc) is 3.14. The zero-order valence-electron chi connectivity index (χ0n) is 17.6. The summed E-state index contributed by atoms with van der Waals surface area (Å²) in [5, 5.41) is 13.9. The number of pyridine rings is 1. The van der Waals surface area contributed by atoms with Crippen molar-refractivity contribution >= 4 is 12.0 Å². The summed E-state index contributed by atoms with van der Waals surface area (Å²) in [6.45, 7) is 10.00. The molecule has 0 aliphatic heterocycles. The molecule has 0 amide bonds. The Morgan fingerprint density at radius 1 is 1.27 bits per heavy atom. The number of allylic oxidation sites excluding steroid dienone is 2. The van der Waals surface area contributed by atoms with E-state index < -0.39 is 0 Å². The Hall–Kier alpha value is -3.78. The summed E-state index contributed by atoms with van der Waals surface area (Å²) in [6, 6.07) is 12.1. The standard InChI is InChI=1S/C25H25N5/c1-5-7-12-27-19(4)30-17-23(18(3)29-30)14-22-13-21(15-26)8-10-24(22)25-11-9-20(6-2)16-28-25/h5,7-13,16-17H,4,6,14H2,1-3H3/b7-5-,27-12?. The summed E-state index contributed by atoms with van der Waals surface area (Å²) < 4.78 is 1.69. The van der Waals surface area contributed by atoms with Crippen LogP contribution in [-0.4, -0.2) is 21.0 Å². The van der Waals surface area contributed by atoms with Crippen LogP contribution < -0.4 is 0 Å². The maximum Gasteiger partial charge on any atom is 0.146 e. The highest BCUT2D eigenvalue weighted by atomic mass is 15.3. The van der Waals surface area contributed by atoms with Gasteiger partial charge < -0.3 is 0 Å². The highest BCUT2D eigenvalue weighted by Gasteiger charge is 2.13. The highest BCUT2D eigenvalue weighted by Crippen LogP contribution is 2.27. The molecule has 30 heavy (non-hydrogen) atoms. The summed E-state index contributed by atoms with van der Waals surface area (Å²) in [4.78, 5) is 8.93. The molecule has 3 aromatic rings. The van der Waals surface area contributed by atoms with Crippen molar-refractivity contribution in [3.63, 3.8) is 0 Å². The molecule has 0 N–H and O–H groups in total. The van der Waals surface area contributed by atoms with Crippen molar-refractivity contribution in [2.75, 3.05) is 0 Å². The van der Waals surface area contributed by atoms with E-state index in [1.807, 2.05) is 62.7 Å². The van der Waals surface area contributed by atoms with Crippen LogP contribution >= 0.6 is 0 Å². The van der Waals surface area contributed by atoms with Gasteiger partial charge in [0.1, 0.15) is 5.82 Å². The van der Waals surface area contributed by atoms with Crippen LogP contribution in [0.2, 0.25) is 0 Å². The van der Waals surface area contributed by atoms with Crippen LogP contribution in [0, 0.1) is 18.3 Å².